The fraction of sp³-hybridized carbons (Fsp3) is 0.312. The van der Waals surface area contributed by atoms with Gasteiger partial charge in [0.05, 0.1) is 5.02 Å². The Kier molecular flexibility index (Phi) is 5.09. The molecule has 0 radical (unpaired) electrons. The molecule has 1 heterocycles. The Labute approximate surface area is 135 Å². The highest BCUT2D eigenvalue weighted by Gasteiger charge is 2.13. The van der Waals surface area contributed by atoms with Crippen molar-refractivity contribution in [2.45, 2.75) is 32.9 Å². The molecule has 1 aromatic carbocycles. The van der Waals surface area contributed by atoms with Gasteiger partial charge in [0.25, 0.3) is 0 Å². The van der Waals surface area contributed by atoms with Gasteiger partial charge in [-0.2, -0.15) is 0 Å². The van der Waals surface area contributed by atoms with Crippen LogP contribution in [0.25, 0.3) is 0 Å². The smallest absolute Gasteiger partial charge is 0.223 e. The number of ether oxygens (including phenoxy) is 1. The third-order valence-corrected chi connectivity index (χ3v) is 3.58. The summed E-state index contributed by atoms with van der Waals surface area (Å²) < 4.78 is 5.82. The summed E-state index contributed by atoms with van der Waals surface area (Å²) in [5.41, 5.74) is 0.976. The summed E-state index contributed by atoms with van der Waals surface area (Å²) in [6.45, 7) is 6.98. The van der Waals surface area contributed by atoms with Gasteiger partial charge in [0.2, 0.25) is 5.88 Å². The van der Waals surface area contributed by atoms with Crippen molar-refractivity contribution < 1.29 is 4.74 Å². The molecule has 2 aromatic rings. The molecular formula is C16H18Cl2N2O. The number of halogens is 2. The van der Waals surface area contributed by atoms with Gasteiger partial charge in [-0.1, -0.05) is 35.3 Å². The summed E-state index contributed by atoms with van der Waals surface area (Å²) in [4.78, 5) is 4.28. The topological polar surface area (TPSA) is 34.2 Å². The number of nitrogens with one attached hydrogen (secondary N) is 1. The van der Waals surface area contributed by atoms with Gasteiger partial charge in [-0.05, 0) is 39.0 Å². The van der Waals surface area contributed by atoms with Crippen molar-refractivity contribution in [3.05, 3.63) is 52.1 Å². The Bertz CT molecular complexity index is 624. The number of aromatic nitrogens is 1. The molecule has 0 aliphatic heterocycles. The quantitative estimate of drug-likeness (QED) is 0.852. The van der Waals surface area contributed by atoms with Gasteiger partial charge in [-0.15, -0.1) is 0 Å². The highest BCUT2D eigenvalue weighted by atomic mass is 35.5. The first-order valence-electron chi connectivity index (χ1n) is 6.67. The molecule has 0 fully saturated rings. The van der Waals surface area contributed by atoms with E-state index >= 15 is 0 Å². The van der Waals surface area contributed by atoms with E-state index in [0.717, 1.165) is 5.56 Å². The van der Waals surface area contributed by atoms with E-state index in [1.165, 1.54) is 0 Å². The van der Waals surface area contributed by atoms with E-state index in [2.05, 4.69) is 31.1 Å². The molecule has 112 valence electrons. The Morgan fingerprint density at radius 1 is 1.14 bits per heavy atom. The zero-order chi connectivity index (χ0) is 15.5. The third kappa shape index (κ3) is 4.60. The summed E-state index contributed by atoms with van der Waals surface area (Å²) >= 11 is 12.1. The molecule has 3 nitrogen and oxygen atoms in total. The molecule has 0 bridgehead atoms. The van der Waals surface area contributed by atoms with Gasteiger partial charge in [0.15, 0.2) is 0 Å². The molecule has 0 atom stereocenters. The van der Waals surface area contributed by atoms with Crippen LogP contribution in [-0.2, 0) is 6.54 Å². The minimum absolute atomic E-state index is 0.0147. The second-order valence-electron chi connectivity index (χ2n) is 5.73. The maximum atomic E-state index is 6.14. The zero-order valence-corrected chi connectivity index (χ0v) is 13.8. The Hall–Kier alpha value is -1.29. The number of pyridine rings is 1. The SMILES string of the molecule is CC(C)(C)NCc1cccnc1Oc1cccc(Cl)c1Cl. The van der Waals surface area contributed by atoms with Crippen LogP contribution in [0.3, 0.4) is 0 Å². The van der Waals surface area contributed by atoms with E-state index < -0.39 is 0 Å². The minimum Gasteiger partial charge on any atom is -0.437 e. The lowest BCUT2D eigenvalue weighted by atomic mass is 10.1. The summed E-state index contributed by atoms with van der Waals surface area (Å²) in [5.74, 6) is 1.03. The van der Waals surface area contributed by atoms with Gasteiger partial charge < -0.3 is 10.1 Å². The molecule has 21 heavy (non-hydrogen) atoms. The Morgan fingerprint density at radius 2 is 1.90 bits per heavy atom. The van der Waals surface area contributed by atoms with Gasteiger partial charge in [0, 0.05) is 23.8 Å². The van der Waals surface area contributed by atoms with Crippen LogP contribution in [0.4, 0.5) is 0 Å². The van der Waals surface area contributed by atoms with Crippen molar-refractivity contribution in [1.82, 2.24) is 10.3 Å². The molecule has 5 heteroatoms. The van der Waals surface area contributed by atoms with Crippen LogP contribution in [0.5, 0.6) is 11.6 Å². The second-order valence-corrected chi connectivity index (χ2v) is 6.51. The molecule has 0 aliphatic rings. The first-order chi connectivity index (χ1) is 9.87. The van der Waals surface area contributed by atoms with Crippen LogP contribution >= 0.6 is 23.2 Å². The van der Waals surface area contributed by atoms with Crippen molar-refractivity contribution in [3.63, 3.8) is 0 Å². The Balaban J connectivity index is 2.22. The fourth-order valence-electron chi connectivity index (χ4n) is 1.68. The summed E-state index contributed by atoms with van der Waals surface area (Å²) in [6.07, 6.45) is 1.69. The molecule has 1 aromatic heterocycles. The lowest BCUT2D eigenvalue weighted by molar-refractivity contribution is 0.409. The van der Waals surface area contributed by atoms with Crippen LogP contribution < -0.4 is 10.1 Å². The minimum atomic E-state index is 0.0147. The van der Waals surface area contributed by atoms with Gasteiger partial charge in [-0.3, -0.25) is 0 Å². The first kappa shape index (κ1) is 16.1. The van der Waals surface area contributed by atoms with Gasteiger partial charge in [0.1, 0.15) is 10.8 Å². The largest absolute Gasteiger partial charge is 0.437 e. The summed E-state index contributed by atoms with van der Waals surface area (Å²) in [7, 11) is 0. The van der Waals surface area contributed by atoms with Crippen LogP contribution in [0.1, 0.15) is 26.3 Å². The third-order valence-electron chi connectivity index (χ3n) is 2.78. The van der Waals surface area contributed by atoms with Gasteiger partial charge >= 0.3 is 0 Å². The normalized spacial score (nSPS) is 11.5. The van der Waals surface area contributed by atoms with Crippen LogP contribution in [0, 0.1) is 0 Å². The maximum absolute atomic E-state index is 6.14. The van der Waals surface area contributed by atoms with E-state index in [-0.39, 0.29) is 5.54 Å². The lowest BCUT2D eigenvalue weighted by Gasteiger charge is -2.21. The van der Waals surface area contributed by atoms with Crippen LogP contribution in [-0.4, -0.2) is 10.5 Å². The number of nitrogens with zero attached hydrogens (tertiary/aromatic N) is 1. The average molecular weight is 325 g/mol. The van der Waals surface area contributed by atoms with Crippen molar-refractivity contribution in [2.24, 2.45) is 0 Å². The van der Waals surface area contributed by atoms with Gasteiger partial charge in [-0.25, -0.2) is 4.98 Å². The van der Waals surface area contributed by atoms with E-state index in [0.29, 0.717) is 28.2 Å². The Morgan fingerprint density at radius 3 is 2.62 bits per heavy atom. The lowest BCUT2D eigenvalue weighted by Crippen LogP contribution is -2.35. The molecular weight excluding hydrogens is 307 g/mol. The zero-order valence-electron chi connectivity index (χ0n) is 12.3. The van der Waals surface area contributed by atoms with Crippen molar-refractivity contribution in [1.29, 1.82) is 0 Å². The number of benzene rings is 1. The molecule has 2 rings (SSSR count). The molecule has 0 amide bonds. The number of hydrogen-bond acceptors (Lipinski definition) is 3. The maximum Gasteiger partial charge on any atom is 0.223 e. The highest BCUT2D eigenvalue weighted by molar-refractivity contribution is 6.42. The summed E-state index contributed by atoms with van der Waals surface area (Å²) in [5, 5.41) is 4.26. The standard InChI is InChI=1S/C16H18Cl2N2O/c1-16(2,3)20-10-11-6-5-9-19-15(11)21-13-8-4-7-12(17)14(13)18/h4-9,20H,10H2,1-3H3. The van der Waals surface area contributed by atoms with E-state index in [4.69, 9.17) is 27.9 Å². The predicted octanol–water partition coefficient (Wildman–Crippen LogP) is 5.07. The van der Waals surface area contributed by atoms with E-state index in [1.807, 2.05) is 12.1 Å². The highest BCUT2D eigenvalue weighted by Crippen LogP contribution is 2.34. The number of hydrogen-bond donors (Lipinski definition) is 1. The van der Waals surface area contributed by atoms with Crippen LogP contribution in [0.2, 0.25) is 10.0 Å². The van der Waals surface area contributed by atoms with E-state index in [1.54, 1.807) is 24.4 Å². The molecule has 0 aliphatic carbocycles. The first-order valence-corrected chi connectivity index (χ1v) is 7.43. The van der Waals surface area contributed by atoms with Crippen LogP contribution in [0.15, 0.2) is 36.5 Å². The molecule has 0 spiro atoms. The monoisotopic (exact) mass is 324 g/mol. The second kappa shape index (κ2) is 6.65. The molecule has 0 saturated heterocycles. The van der Waals surface area contributed by atoms with Crippen molar-refractivity contribution >= 4 is 23.2 Å². The molecule has 0 saturated carbocycles. The molecule has 0 unspecified atom stereocenters. The fourth-order valence-corrected chi connectivity index (χ4v) is 2.01. The number of rotatable bonds is 4. The summed E-state index contributed by atoms with van der Waals surface area (Å²) in [6, 6.07) is 9.13. The predicted molar refractivity (Wildman–Crippen MR) is 87.4 cm³/mol. The van der Waals surface area contributed by atoms with Crippen molar-refractivity contribution in [3.8, 4) is 11.6 Å². The van der Waals surface area contributed by atoms with E-state index in [9.17, 15) is 0 Å². The average Bonchev–Trinajstić information content (AvgIpc) is 2.42. The van der Waals surface area contributed by atoms with Crippen molar-refractivity contribution in [2.75, 3.05) is 0 Å². The molecule has 1 N–H and O–H groups in total.